The topological polar surface area (TPSA) is 91.3 Å². The molecule has 0 amide bonds. The maximum atomic E-state index is 12.5. The van der Waals surface area contributed by atoms with Gasteiger partial charge in [0.2, 0.25) is 0 Å². The Labute approximate surface area is 189 Å². The molecule has 176 valence electrons. The molecule has 0 radical (unpaired) electrons. The van der Waals surface area contributed by atoms with E-state index in [2.05, 4.69) is 30.3 Å². The average molecular weight is 447 g/mol. The van der Waals surface area contributed by atoms with Gasteiger partial charge in [0.1, 0.15) is 12.4 Å². The van der Waals surface area contributed by atoms with Gasteiger partial charge in [0.25, 0.3) is 0 Å². The molecule has 2 aromatic carbocycles. The highest BCUT2D eigenvalue weighted by atomic mass is 16.7. The van der Waals surface area contributed by atoms with Crippen LogP contribution >= 0.6 is 0 Å². The van der Waals surface area contributed by atoms with Crippen LogP contribution in [0.2, 0.25) is 0 Å². The van der Waals surface area contributed by atoms with Crippen LogP contribution in [0.3, 0.4) is 0 Å². The third-order valence-corrected chi connectivity index (χ3v) is 4.74. The van der Waals surface area contributed by atoms with E-state index in [0.717, 1.165) is 19.3 Å². The summed E-state index contributed by atoms with van der Waals surface area (Å²) in [6.45, 7) is 5.08. The van der Waals surface area contributed by atoms with Crippen molar-refractivity contribution in [1.29, 1.82) is 0 Å². The minimum atomic E-state index is -1.51. The molecule has 0 fully saturated rings. The Kier molecular flexibility index (Phi) is 10.1. The highest BCUT2D eigenvalue weighted by Crippen LogP contribution is 2.18. The molecule has 0 aromatic heterocycles. The number of unbranched alkanes of at least 4 members (excludes halogenated alkanes) is 2. The van der Waals surface area contributed by atoms with Gasteiger partial charge >= 0.3 is 11.9 Å². The molecule has 2 aromatic rings. The normalized spacial score (nSPS) is 13.6. The van der Waals surface area contributed by atoms with Crippen molar-refractivity contribution >= 4 is 22.7 Å². The van der Waals surface area contributed by atoms with E-state index in [9.17, 15) is 14.7 Å². The maximum absolute atomic E-state index is 12.5. The number of carbonyl (C=O) groups excluding carboxylic acids is 1. The number of aliphatic carboxylic acids is 1. The molecule has 1 N–H and O–H groups in total. The van der Waals surface area contributed by atoms with Gasteiger partial charge < -0.3 is 24.1 Å². The van der Waals surface area contributed by atoms with E-state index >= 15 is 0 Å². The zero-order valence-corrected chi connectivity index (χ0v) is 19.3. The van der Waals surface area contributed by atoms with Crippen molar-refractivity contribution in [2.24, 2.45) is 0 Å². The first kappa shape index (κ1) is 25.8. The lowest BCUT2D eigenvalue weighted by molar-refractivity contribution is -0.195. The Morgan fingerprint density at radius 3 is 2.31 bits per heavy atom. The summed E-state index contributed by atoms with van der Waals surface area (Å²) in [6, 6.07) is 14.7. The summed E-state index contributed by atoms with van der Waals surface area (Å²) in [5, 5.41) is 11.9. The van der Waals surface area contributed by atoms with Crippen molar-refractivity contribution in [2.75, 3.05) is 20.5 Å². The second-order valence-electron chi connectivity index (χ2n) is 8.65. The molecular weight excluding hydrogens is 412 g/mol. The molecule has 32 heavy (non-hydrogen) atoms. The quantitative estimate of drug-likeness (QED) is 0.278. The van der Waals surface area contributed by atoms with Gasteiger partial charge in [0.05, 0.1) is 0 Å². The van der Waals surface area contributed by atoms with Crippen LogP contribution in [0, 0.1) is 0 Å². The number of fused-ring (bicyclic) bond motifs is 1. The van der Waals surface area contributed by atoms with Crippen molar-refractivity contribution in [1.82, 2.24) is 0 Å². The number of ether oxygens (including phenoxy) is 4. The van der Waals surface area contributed by atoms with Crippen molar-refractivity contribution in [2.45, 2.75) is 64.3 Å². The molecule has 0 bridgehead atoms. The van der Waals surface area contributed by atoms with E-state index in [4.69, 9.17) is 18.9 Å². The molecule has 2 atom stereocenters. The van der Waals surface area contributed by atoms with Gasteiger partial charge in [-0.1, -0.05) is 48.9 Å². The molecule has 7 nitrogen and oxygen atoms in total. The maximum Gasteiger partial charge on any atom is 0.339 e. The zero-order chi connectivity index (χ0) is 23.6. The Balaban J connectivity index is 1.86. The molecule has 0 saturated heterocycles. The number of esters is 1. The molecule has 0 aliphatic heterocycles. The molecule has 0 aliphatic rings. The van der Waals surface area contributed by atoms with Gasteiger partial charge in [0, 0.05) is 13.7 Å². The SMILES string of the molecule is COCO[C@@H](C(=O)O)[C@@H](OCCCCCc1ccc2ccccc2c1)C(=O)OC(C)(C)C. The number of carbonyl (C=O) groups is 2. The van der Waals surface area contributed by atoms with E-state index in [0.29, 0.717) is 6.42 Å². The fraction of sp³-hybridized carbons (Fsp3) is 0.520. The molecule has 0 saturated carbocycles. The van der Waals surface area contributed by atoms with Gasteiger partial charge in [-0.3, -0.25) is 0 Å². The van der Waals surface area contributed by atoms with Gasteiger partial charge in [-0.2, -0.15) is 0 Å². The molecule has 0 heterocycles. The Bertz CT molecular complexity index is 872. The number of hydrogen-bond acceptors (Lipinski definition) is 6. The third-order valence-electron chi connectivity index (χ3n) is 4.74. The number of carboxylic acids is 1. The zero-order valence-electron chi connectivity index (χ0n) is 19.3. The predicted octanol–water partition coefficient (Wildman–Crippen LogP) is 4.35. The van der Waals surface area contributed by atoms with Crippen LogP contribution in [-0.4, -0.2) is 55.4 Å². The van der Waals surface area contributed by atoms with Crippen LogP contribution in [0.1, 0.15) is 45.6 Å². The van der Waals surface area contributed by atoms with Crippen molar-refractivity contribution in [3.63, 3.8) is 0 Å². The first-order valence-electron chi connectivity index (χ1n) is 10.9. The second kappa shape index (κ2) is 12.5. The number of benzene rings is 2. The molecule has 0 unspecified atom stereocenters. The Morgan fingerprint density at radius 1 is 0.938 bits per heavy atom. The molecule has 0 aliphatic carbocycles. The van der Waals surface area contributed by atoms with E-state index in [1.54, 1.807) is 20.8 Å². The smallest absolute Gasteiger partial charge is 0.339 e. The lowest BCUT2D eigenvalue weighted by Crippen LogP contribution is -2.46. The van der Waals surface area contributed by atoms with Crippen LogP contribution in [0.4, 0.5) is 0 Å². The minimum Gasteiger partial charge on any atom is -0.479 e. The van der Waals surface area contributed by atoms with Crippen LogP contribution in [-0.2, 0) is 35.0 Å². The number of aryl methyl sites for hydroxylation is 1. The fourth-order valence-electron chi connectivity index (χ4n) is 3.28. The molecular formula is C25H34O7. The molecule has 2 rings (SSSR count). The van der Waals surface area contributed by atoms with Gasteiger partial charge in [-0.05, 0) is 56.4 Å². The summed E-state index contributed by atoms with van der Waals surface area (Å²) < 4.78 is 20.9. The monoisotopic (exact) mass is 446 g/mol. The van der Waals surface area contributed by atoms with Gasteiger partial charge in [0.15, 0.2) is 12.2 Å². The minimum absolute atomic E-state index is 0.224. The number of rotatable bonds is 13. The van der Waals surface area contributed by atoms with Crippen LogP contribution in [0.5, 0.6) is 0 Å². The summed E-state index contributed by atoms with van der Waals surface area (Å²) >= 11 is 0. The van der Waals surface area contributed by atoms with Crippen molar-refractivity contribution in [3.8, 4) is 0 Å². The summed E-state index contributed by atoms with van der Waals surface area (Å²) in [7, 11) is 1.37. The summed E-state index contributed by atoms with van der Waals surface area (Å²) in [6.07, 6.45) is 0.578. The lowest BCUT2D eigenvalue weighted by Gasteiger charge is -2.27. The molecule has 0 spiro atoms. The first-order valence-corrected chi connectivity index (χ1v) is 10.9. The highest BCUT2D eigenvalue weighted by molar-refractivity contribution is 5.85. The number of hydrogen-bond donors (Lipinski definition) is 1. The van der Waals surface area contributed by atoms with E-state index < -0.39 is 29.7 Å². The number of methoxy groups -OCH3 is 1. The van der Waals surface area contributed by atoms with Crippen molar-refractivity contribution < 1.29 is 33.6 Å². The number of carboxylic acid groups (broad SMARTS) is 1. The lowest BCUT2D eigenvalue weighted by atomic mass is 10.0. The largest absolute Gasteiger partial charge is 0.479 e. The summed E-state index contributed by atoms with van der Waals surface area (Å²) in [5.74, 6) is -2.08. The first-order chi connectivity index (χ1) is 15.2. The van der Waals surface area contributed by atoms with Gasteiger partial charge in [-0.25, -0.2) is 9.59 Å². The van der Waals surface area contributed by atoms with Crippen LogP contribution in [0.25, 0.3) is 10.8 Å². The summed E-state index contributed by atoms with van der Waals surface area (Å²) in [5.41, 5.74) is 0.498. The Morgan fingerprint density at radius 2 is 1.66 bits per heavy atom. The standard InChI is InChI=1S/C25H34O7/c1-25(2,3)32-24(28)22(21(23(26)27)31-17-29-4)30-15-9-5-6-10-18-13-14-19-11-7-8-12-20(19)16-18/h7-8,11-14,16,21-22H,5-6,9-10,15,17H2,1-4H3,(H,26,27)/t21-,22-/m1/s1. The van der Waals surface area contributed by atoms with E-state index in [1.807, 2.05) is 12.1 Å². The van der Waals surface area contributed by atoms with E-state index in [1.165, 1.54) is 23.4 Å². The molecule has 7 heteroatoms. The fourth-order valence-corrected chi connectivity index (χ4v) is 3.28. The summed E-state index contributed by atoms with van der Waals surface area (Å²) in [4.78, 5) is 24.2. The Hall–Kier alpha value is -2.48. The predicted molar refractivity (Wildman–Crippen MR) is 121 cm³/mol. The second-order valence-corrected chi connectivity index (χ2v) is 8.65. The van der Waals surface area contributed by atoms with Gasteiger partial charge in [-0.15, -0.1) is 0 Å². The van der Waals surface area contributed by atoms with Crippen LogP contribution in [0.15, 0.2) is 42.5 Å². The van der Waals surface area contributed by atoms with Crippen molar-refractivity contribution in [3.05, 3.63) is 48.0 Å². The average Bonchev–Trinajstić information content (AvgIpc) is 2.73. The highest BCUT2D eigenvalue weighted by Gasteiger charge is 2.38. The third kappa shape index (κ3) is 8.57. The van der Waals surface area contributed by atoms with E-state index in [-0.39, 0.29) is 13.4 Å². The van der Waals surface area contributed by atoms with Crippen LogP contribution < -0.4 is 0 Å².